The molecule has 0 amide bonds. The van der Waals surface area contributed by atoms with Gasteiger partial charge in [0, 0.05) is 25.6 Å². The second-order valence-electron chi connectivity index (χ2n) is 5.81. The van der Waals surface area contributed by atoms with Crippen molar-refractivity contribution in [2.75, 3.05) is 26.2 Å². The highest BCUT2D eigenvalue weighted by Gasteiger charge is 2.30. The van der Waals surface area contributed by atoms with Crippen molar-refractivity contribution >= 4 is 0 Å². The third-order valence-corrected chi connectivity index (χ3v) is 4.01. The summed E-state index contributed by atoms with van der Waals surface area (Å²) < 4.78 is 11.1. The number of nitrogens with zero attached hydrogens (tertiary/aromatic N) is 3. The van der Waals surface area contributed by atoms with E-state index in [1.165, 1.54) is 12.8 Å². The number of ether oxygens (including phenoxy) is 1. The zero-order valence-corrected chi connectivity index (χ0v) is 12.0. The van der Waals surface area contributed by atoms with E-state index in [0.717, 1.165) is 57.2 Å². The Morgan fingerprint density at radius 1 is 1.25 bits per heavy atom. The van der Waals surface area contributed by atoms with Crippen molar-refractivity contribution < 1.29 is 9.26 Å². The number of hydrogen-bond donors (Lipinski definition) is 1. The van der Waals surface area contributed by atoms with Gasteiger partial charge in [-0.2, -0.15) is 4.98 Å². The summed E-state index contributed by atoms with van der Waals surface area (Å²) in [6.45, 7) is 4.38. The summed E-state index contributed by atoms with van der Waals surface area (Å²) in [6, 6.07) is 0. The van der Waals surface area contributed by atoms with E-state index < -0.39 is 0 Å². The van der Waals surface area contributed by atoms with Gasteiger partial charge in [0.05, 0.1) is 12.6 Å². The standard InChI is InChI=1S/C14H24N4O2/c15-6-1-9-19-12-4-7-18(8-5-12)10-13-16-14(20-17-13)11-2-3-11/h11-12H,1-10,15H2. The van der Waals surface area contributed by atoms with E-state index in [0.29, 0.717) is 18.6 Å². The summed E-state index contributed by atoms with van der Waals surface area (Å²) in [5.74, 6) is 2.20. The second kappa shape index (κ2) is 6.65. The monoisotopic (exact) mass is 280 g/mol. The Morgan fingerprint density at radius 3 is 2.75 bits per heavy atom. The number of hydrogen-bond acceptors (Lipinski definition) is 6. The zero-order valence-electron chi connectivity index (χ0n) is 12.0. The molecule has 3 rings (SSSR count). The SMILES string of the molecule is NCCCOC1CCN(Cc2noc(C3CC3)n2)CC1. The highest BCUT2D eigenvalue weighted by Crippen LogP contribution is 2.38. The third-order valence-electron chi connectivity index (χ3n) is 4.01. The first-order valence-corrected chi connectivity index (χ1v) is 7.71. The maximum Gasteiger partial charge on any atom is 0.229 e. The van der Waals surface area contributed by atoms with Crippen LogP contribution in [0.3, 0.4) is 0 Å². The lowest BCUT2D eigenvalue weighted by Gasteiger charge is -2.30. The third kappa shape index (κ3) is 3.77. The molecule has 20 heavy (non-hydrogen) atoms. The van der Waals surface area contributed by atoms with Crippen LogP contribution in [0.4, 0.5) is 0 Å². The van der Waals surface area contributed by atoms with Gasteiger partial charge in [-0.05, 0) is 38.6 Å². The summed E-state index contributed by atoms with van der Waals surface area (Å²) in [5, 5.41) is 4.08. The lowest BCUT2D eigenvalue weighted by atomic mass is 10.1. The maximum absolute atomic E-state index is 5.81. The molecule has 112 valence electrons. The fourth-order valence-electron chi connectivity index (χ4n) is 2.60. The van der Waals surface area contributed by atoms with Gasteiger partial charge in [0.2, 0.25) is 5.89 Å². The van der Waals surface area contributed by atoms with E-state index in [2.05, 4.69) is 15.0 Å². The van der Waals surface area contributed by atoms with E-state index >= 15 is 0 Å². The molecule has 0 spiro atoms. The Hall–Kier alpha value is -0.980. The van der Waals surface area contributed by atoms with Crippen molar-refractivity contribution in [2.45, 2.75) is 50.7 Å². The molecule has 1 saturated carbocycles. The Bertz CT molecular complexity index is 411. The predicted octanol–water partition coefficient (Wildman–Crippen LogP) is 1.28. The molecule has 1 aromatic rings. The normalized spacial score (nSPS) is 21.4. The molecule has 6 nitrogen and oxygen atoms in total. The Labute approximate surface area is 119 Å². The quantitative estimate of drug-likeness (QED) is 0.758. The lowest BCUT2D eigenvalue weighted by molar-refractivity contribution is 0.00505. The van der Waals surface area contributed by atoms with Gasteiger partial charge >= 0.3 is 0 Å². The number of piperidine rings is 1. The van der Waals surface area contributed by atoms with Crippen molar-refractivity contribution in [3.63, 3.8) is 0 Å². The highest BCUT2D eigenvalue weighted by molar-refractivity contribution is 5.01. The number of likely N-dealkylation sites (tertiary alicyclic amines) is 1. The molecular formula is C14H24N4O2. The molecule has 2 aliphatic rings. The minimum atomic E-state index is 0.394. The Morgan fingerprint density at radius 2 is 2.05 bits per heavy atom. The lowest BCUT2D eigenvalue weighted by Crippen LogP contribution is -2.37. The molecule has 1 aliphatic carbocycles. The molecule has 0 aromatic carbocycles. The van der Waals surface area contributed by atoms with Gasteiger partial charge in [0.25, 0.3) is 0 Å². The van der Waals surface area contributed by atoms with E-state index in [1.807, 2.05) is 0 Å². The van der Waals surface area contributed by atoms with Crippen molar-refractivity contribution in [1.29, 1.82) is 0 Å². The first-order valence-electron chi connectivity index (χ1n) is 7.71. The molecule has 2 fully saturated rings. The number of rotatable bonds is 7. The minimum Gasteiger partial charge on any atom is -0.378 e. The van der Waals surface area contributed by atoms with Crippen LogP contribution in [0.15, 0.2) is 4.52 Å². The first kappa shape index (κ1) is 14.0. The largest absolute Gasteiger partial charge is 0.378 e. The molecule has 6 heteroatoms. The average molecular weight is 280 g/mol. The van der Waals surface area contributed by atoms with Gasteiger partial charge < -0.3 is 15.0 Å². The molecular weight excluding hydrogens is 256 g/mol. The molecule has 2 heterocycles. The van der Waals surface area contributed by atoms with Crippen LogP contribution in [0.5, 0.6) is 0 Å². The summed E-state index contributed by atoms with van der Waals surface area (Å²) in [7, 11) is 0. The summed E-state index contributed by atoms with van der Waals surface area (Å²) in [4.78, 5) is 6.86. The summed E-state index contributed by atoms with van der Waals surface area (Å²) in [6.07, 6.45) is 5.91. The fraction of sp³-hybridized carbons (Fsp3) is 0.857. The molecule has 1 aromatic heterocycles. The van der Waals surface area contributed by atoms with Gasteiger partial charge in [-0.1, -0.05) is 5.16 Å². The molecule has 1 saturated heterocycles. The first-order chi connectivity index (χ1) is 9.85. The van der Waals surface area contributed by atoms with Crippen LogP contribution >= 0.6 is 0 Å². The van der Waals surface area contributed by atoms with Gasteiger partial charge in [0.15, 0.2) is 5.82 Å². The maximum atomic E-state index is 5.81. The molecule has 0 unspecified atom stereocenters. The molecule has 0 atom stereocenters. The van der Waals surface area contributed by atoms with Crippen molar-refractivity contribution in [2.24, 2.45) is 5.73 Å². The van der Waals surface area contributed by atoms with Crippen LogP contribution in [0.25, 0.3) is 0 Å². The van der Waals surface area contributed by atoms with E-state index in [4.69, 9.17) is 15.0 Å². The van der Waals surface area contributed by atoms with Crippen LogP contribution in [-0.2, 0) is 11.3 Å². The summed E-state index contributed by atoms with van der Waals surface area (Å²) in [5.41, 5.74) is 5.47. The van der Waals surface area contributed by atoms with Crippen LogP contribution in [0.2, 0.25) is 0 Å². The second-order valence-corrected chi connectivity index (χ2v) is 5.81. The van der Waals surface area contributed by atoms with E-state index in [9.17, 15) is 0 Å². The van der Waals surface area contributed by atoms with Gasteiger partial charge in [-0.25, -0.2) is 0 Å². The van der Waals surface area contributed by atoms with Crippen LogP contribution in [0, 0.1) is 0 Å². The average Bonchev–Trinajstić information content (AvgIpc) is 3.22. The highest BCUT2D eigenvalue weighted by atomic mass is 16.5. The smallest absolute Gasteiger partial charge is 0.229 e. The predicted molar refractivity (Wildman–Crippen MR) is 74.2 cm³/mol. The zero-order chi connectivity index (χ0) is 13.8. The van der Waals surface area contributed by atoms with Gasteiger partial charge in [-0.3, -0.25) is 4.90 Å². The van der Waals surface area contributed by atoms with Crippen molar-refractivity contribution in [3.8, 4) is 0 Å². The van der Waals surface area contributed by atoms with E-state index in [-0.39, 0.29) is 0 Å². The molecule has 0 bridgehead atoms. The van der Waals surface area contributed by atoms with Crippen molar-refractivity contribution in [3.05, 3.63) is 11.7 Å². The minimum absolute atomic E-state index is 0.394. The van der Waals surface area contributed by atoms with Gasteiger partial charge in [0.1, 0.15) is 0 Å². The van der Waals surface area contributed by atoms with Crippen molar-refractivity contribution in [1.82, 2.24) is 15.0 Å². The molecule has 0 radical (unpaired) electrons. The summed E-state index contributed by atoms with van der Waals surface area (Å²) >= 11 is 0. The molecule has 1 aliphatic heterocycles. The number of aromatic nitrogens is 2. The topological polar surface area (TPSA) is 77.4 Å². The number of nitrogens with two attached hydrogens (primary N) is 1. The van der Waals surface area contributed by atoms with E-state index in [1.54, 1.807) is 0 Å². The van der Waals surface area contributed by atoms with Crippen LogP contribution in [-0.4, -0.2) is 47.4 Å². The van der Waals surface area contributed by atoms with Crippen LogP contribution in [0.1, 0.15) is 49.7 Å². The Kier molecular flexibility index (Phi) is 4.65. The fourth-order valence-corrected chi connectivity index (χ4v) is 2.60. The Balaban J connectivity index is 1.39. The molecule has 2 N–H and O–H groups in total. The van der Waals surface area contributed by atoms with Gasteiger partial charge in [-0.15, -0.1) is 0 Å². The van der Waals surface area contributed by atoms with Crippen LogP contribution < -0.4 is 5.73 Å².